The van der Waals surface area contributed by atoms with Crippen molar-refractivity contribution in [1.82, 2.24) is 10.3 Å². The molecule has 0 fully saturated rings. The Morgan fingerprint density at radius 2 is 2.00 bits per heavy atom. The molecule has 0 aliphatic carbocycles. The lowest BCUT2D eigenvalue weighted by molar-refractivity contribution is 0.0840. The zero-order valence-corrected chi connectivity index (χ0v) is 15.3. The Bertz CT molecular complexity index is 674. The van der Waals surface area contributed by atoms with Crippen LogP contribution >= 0.6 is 11.3 Å². The highest BCUT2D eigenvalue weighted by molar-refractivity contribution is 7.09. The van der Waals surface area contributed by atoms with Gasteiger partial charge in [0.1, 0.15) is 24.2 Å². The van der Waals surface area contributed by atoms with Crippen LogP contribution in [0.1, 0.15) is 41.8 Å². The standard InChI is InChI=1S/C18H24N2O3S/c1-12-20-16(11-24-12)17(22)19-9-14(21)10-23-15-7-5-13(6-8-15)18(2,3)4/h5-8,11,14,21H,9-10H2,1-4H3,(H,19,22). The number of benzene rings is 1. The molecular formula is C18H24N2O3S. The molecule has 0 radical (unpaired) electrons. The van der Waals surface area contributed by atoms with Crippen molar-refractivity contribution < 1.29 is 14.6 Å². The van der Waals surface area contributed by atoms with Gasteiger partial charge in [-0.3, -0.25) is 4.79 Å². The van der Waals surface area contributed by atoms with Gasteiger partial charge in [-0.25, -0.2) is 4.98 Å². The van der Waals surface area contributed by atoms with Gasteiger partial charge in [0.15, 0.2) is 0 Å². The highest BCUT2D eigenvalue weighted by atomic mass is 32.1. The van der Waals surface area contributed by atoms with Crippen molar-refractivity contribution in [1.29, 1.82) is 0 Å². The summed E-state index contributed by atoms with van der Waals surface area (Å²) in [5.74, 6) is 0.413. The molecule has 0 aliphatic heterocycles. The van der Waals surface area contributed by atoms with Crippen molar-refractivity contribution in [3.63, 3.8) is 0 Å². The van der Waals surface area contributed by atoms with E-state index in [1.807, 2.05) is 31.2 Å². The molecule has 0 aliphatic rings. The third-order valence-electron chi connectivity index (χ3n) is 3.51. The molecule has 2 N–H and O–H groups in total. The fourth-order valence-electron chi connectivity index (χ4n) is 2.07. The summed E-state index contributed by atoms with van der Waals surface area (Å²) in [5.41, 5.74) is 1.70. The highest BCUT2D eigenvalue weighted by Gasteiger charge is 2.14. The molecule has 2 rings (SSSR count). The molecule has 0 spiro atoms. The van der Waals surface area contributed by atoms with Gasteiger partial charge in [-0.15, -0.1) is 11.3 Å². The normalized spacial score (nSPS) is 12.7. The minimum absolute atomic E-state index is 0.0936. The Labute approximate surface area is 146 Å². The maximum Gasteiger partial charge on any atom is 0.270 e. The van der Waals surface area contributed by atoms with E-state index in [4.69, 9.17) is 4.74 Å². The molecular weight excluding hydrogens is 324 g/mol. The fraction of sp³-hybridized carbons (Fsp3) is 0.444. The number of ether oxygens (including phenoxy) is 1. The lowest BCUT2D eigenvalue weighted by atomic mass is 9.87. The zero-order valence-electron chi connectivity index (χ0n) is 14.5. The molecule has 5 nitrogen and oxygen atoms in total. The van der Waals surface area contributed by atoms with Gasteiger partial charge in [-0.05, 0) is 30.0 Å². The van der Waals surface area contributed by atoms with Gasteiger partial charge in [0, 0.05) is 11.9 Å². The highest BCUT2D eigenvalue weighted by Crippen LogP contribution is 2.24. The Morgan fingerprint density at radius 1 is 1.33 bits per heavy atom. The number of rotatable bonds is 6. The first-order valence-electron chi connectivity index (χ1n) is 7.87. The smallest absolute Gasteiger partial charge is 0.270 e. The number of hydrogen-bond donors (Lipinski definition) is 2. The van der Waals surface area contributed by atoms with Crippen molar-refractivity contribution in [2.24, 2.45) is 0 Å². The van der Waals surface area contributed by atoms with Crippen LogP contribution < -0.4 is 10.1 Å². The summed E-state index contributed by atoms with van der Waals surface area (Å²) in [6.07, 6.45) is -0.782. The van der Waals surface area contributed by atoms with Gasteiger partial charge < -0.3 is 15.2 Å². The lowest BCUT2D eigenvalue weighted by Gasteiger charge is -2.19. The first-order valence-corrected chi connectivity index (χ1v) is 8.75. The molecule has 1 aromatic heterocycles. The van der Waals surface area contributed by atoms with Crippen LogP contribution in [0.15, 0.2) is 29.6 Å². The predicted octanol–water partition coefficient (Wildman–Crippen LogP) is 2.92. The number of carbonyl (C=O) groups is 1. The van der Waals surface area contributed by atoms with Gasteiger partial charge in [0.25, 0.3) is 5.91 Å². The number of carbonyl (C=O) groups excluding carboxylic acids is 1. The topological polar surface area (TPSA) is 71.5 Å². The fourth-order valence-corrected chi connectivity index (χ4v) is 2.66. The zero-order chi connectivity index (χ0) is 17.7. The summed E-state index contributed by atoms with van der Waals surface area (Å²) >= 11 is 1.42. The van der Waals surface area contributed by atoms with Crippen LogP contribution in [0.4, 0.5) is 0 Å². The molecule has 1 atom stereocenters. The van der Waals surface area contributed by atoms with Gasteiger partial charge in [0.05, 0.1) is 5.01 Å². The average molecular weight is 348 g/mol. The molecule has 1 aromatic carbocycles. The van der Waals surface area contributed by atoms with E-state index >= 15 is 0 Å². The van der Waals surface area contributed by atoms with Gasteiger partial charge in [-0.2, -0.15) is 0 Å². The van der Waals surface area contributed by atoms with Crippen LogP contribution in [0, 0.1) is 6.92 Å². The van der Waals surface area contributed by atoms with Crippen molar-refractivity contribution >= 4 is 17.2 Å². The quantitative estimate of drug-likeness (QED) is 0.842. The second-order valence-electron chi connectivity index (χ2n) is 6.70. The van der Waals surface area contributed by atoms with E-state index in [9.17, 15) is 9.90 Å². The second-order valence-corrected chi connectivity index (χ2v) is 7.76. The molecule has 0 saturated heterocycles. The SMILES string of the molecule is Cc1nc(C(=O)NCC(O)COc2ccc(C(C)(C)C)cc2)cs1. The number of aryl methyl sites for hydroxylation is 1. The number of aliphatic hydroxyl groups is 1. The number of thiazole rings is 1. The monoisotopic (exact) mass is 348 g/mol. The number of aliphatic hydroxyl groups excluding tert-OH is 1. The minimum Gasteiger partial charge on any atom is -0.491 e. The average Bonchev–Trinajstić information content (AvgIpc) is 2.96. The Kier molecular flexibility index (Phi) is 5.96. The van der Waals surface area contributed by atoms with Crippen LogP contribution in [0.5, 0.6) is 5.75 Å². The van der Waals surface area contributed by atoms with E-state index in [-0.39, 0.29) is 24.5 Å². The summed E-state index contributed by atoms with van der Waals surface area (Å²) in [4.78, 5) is 16.0. The van der Waals surface area contributed by atoms with Gasteiger partial charge in [-0.1, -0.05) is 32.9 Å². The maximum atomic E-state index is 11.8. The van der Waals surface area contributed by atoms with Crippen LogP contribution in [0.3, 0.4) is 0 Å². The first-order chi connectivity index (χ1) is 11.3. The van der Waals surface area contributed by atoms with E-state index < -0.39 is 6.10 Å². The molecule has 0 bridgehead atoms. The summed E-state index contributed by atoms with van der Waals surface area (Å²) in [6, 6.07) is 7.83. The Hall–Kier alpha value is -1.92. The summed E-state index contributed by atoms with van der Waals surface area (Å²) < 4.78 is 5.56. The summed E-state index contributed by atoms with van der Waals surface area (Å²) in [7, 11) is 0. The van der Waals surface area contributed by atoms with Crippen LogP contribution in [0.25, 0.3) is 0 Å². The van der Waals surface area contributed by atoms with Crippen molar-refractivity contribution in [3.8, 4) is 5.75 Å². The number of nitrogens with one attached hydrogen (secondary N) is 1. The van der Waals surface area contributed by atoms with Crippen LogP contribution in [0.2, 0.25) is 0 Å². The van der Waals surface area contributed by atoms with E-state index in [1.165, 1.54) is 16.9 Å². The number of hydrogen-bond acceptors (Lipinski definition) is 5. The summed E-state index contributed by atoms with van der Waals surface area (Å²) in [5, 5.41) is 15.1. The molecule has 1 unspecified atom stereocenters. The predicted molar refractivity (Wildman–Crippen MR) is 95.8 cm³/mol. The van der Waals surface area contributed by atoms with Crippen LogP contribution in [-0.2, 0) is 5.41 Å². The second kappa shape index (κ2) is 7.77. The Morgan fingerprint density at radius 3 is 2.54 bits per heavy atom. The molecule has 2 aromatic rings. The number of amides is 1. The van der Waals surface area contributed by atoms with Crippen molar-refractivity contribution in [2.45, 2.75) is 39.2 Å². The lowest BCUT2D eigenvalue weighted by Crippen LogP contribution is -2.35. The number of nitrogens with zero attached hydrogens (tertiary/aromatic N) is 1. The summed E-state index contributed by atoms with van der Waals surface area (Å²) in [6.45, 7) is 8.53. The third-order valence-corrected chi connectivity index (χ3v) is 4.29. The maximum absolute atomic E-state index is 11.8. The third kappa shape index (κ3) is 5.32. The van der Waals surface area contributed by atoms with E-state index in [2.05, 4.69) is 31.1 Å². The molecule has 0 saturated carbocycles. The number of aromatic nitrogens is 1. The minimum atomic E-state index is -0.782. The van der Waals surface area contributed by atoms with Gasteiger partial charge >= 0.3 is 0 Å². The van der Waals surface area contributed by atoms with Crippen molar-refractivity contribution in [2.75, 3.05) is 13.2 Å². The van der Waals surface area contributed by atoms with Crippen LogP contribution in [-0.4, -0.2) is 35.3 Å². The van der Waals surface area contributed by atoms with Gasteiger partial charge in [0.2, 0.25) is 0 Å². The van der Waals surface area contributed by atoms with E-state index in [1.54, 1.807) is 5.38 Å². The largest absolute Gasteiger partial charge is 0.491 e. The molecule has 1 amide bonds. The first kappa shape index (κ1) is 18.4. The molecule has 1 heterocycles. The molecule has 130 valence electrons. The van der Waals surface area contributed by atoms with E-state index in [0.717, 1.165) is 5.01 Å². The van der Waals surface area contributed by atoms with E-state index in [0.29, 0.717) is 11.4 Å². The molecule has 24 heavy (non-hydrogen) atoms. The Balaban J connectivity index is 1.76. The van der Waals surface area contributed by atoms with Crippen molar-refractivity contribution in [3.05, 3.63) is 45.9 Å². The molecule has 6 heteroatoms.